The third kappa shape index (κ3) is 6.33. The van der Waals surface area contributed by atoms with Gasteiger partial charge >= 0.3 is 6.09 Å². The summed E-state index contributed by atoms with van der Waals surface area (Å²) in [7, 11) is 0. The molecule has 0 aromatic rings. The van der Waals surface area contributed by atoms with Crippen LogP contribution >= 0.6 is 0 Å². The van der Waals surface area contributed by atoms with Crippen molar-refractivity contribution < 1.29 is 9.53 Å². The van der Waals surface area contributed by atoms with Crippen LogP contribution in [-0.2, 0) is 4.74 Å². The molecule has 2 unspecified atom stereocenters. The minimum absolute atomic E-state index is 0.286. The lowest BCUT2D eigenvalue weighted by Crippen LogP contribution is -2.45. The highest BCUT2D eigenvalue weighted by Crippen LogP contribution is 2.30. The van der Waals surface area contributed by atoms with Crippen LogP contribution in [0.15, 0.2) is 0 Å². The molecule has 4 nitrogen and oxygen atoms in total. The second kappa shape index (κ2) is 8.36. The van der Waals surface area contributed by atoms with Gasteiger partial charge in [0, 0.05) is 18.6 Å². The van der Waals surface area contributed by atoms with E-state index in [2.05, 4.69) is 17.6 Å². The SMILES string of the molecule is CCC1CCC(NC2CCCC2CNC(=O)OC(C)(C)C)CC1. The van der Waals surface area contributed by atoms with Gasteiger partial charge in [0.05, 0.1) is 0 Å². The highest BCUT2D eigenvalue weighted by atomic mass is 16.6. The summed E-state index contributed by atoms with van der Waals surface area (Å²) in [4.78, 5) is 11.8. The van der Waals surface area contributed by atoms with Gasteiger partial charge in [-0.25, -0.2) is 4.79 Å². The maximum absolute atomic E-state index is 11.8. The molecule has 2 aliphatic rings. The van der Waals surface area contributed by atoms with Gasteiger partial charge in [-0.05, 0) is 71.1 Å². The first-order valence-corrected chi connectivity index (χ1v) is 9.60. The number of hydrogen-bond acceptors (Lipinski definition) is 3. The molecule has 0 bridgehead atoms. The molecule has 23 heavy (non-hydrogen) atoms. The van der Waals surface area contributed by atoms with Gasteiger partial charge in [0.15, 0.2) is 0 Å². The Balaban J connectivity index is 1.72. The number of amides is 1. The number of nitrogens with one attached hydrogen (secondary N) is 2. The molecule has 2 rings (SSSR count). The maximum Gasteiger partial charge on any atom is 0.407 e. The molecule has 2 N–H and O–H groups in total. The van der Waals surface area contributed by atoms with E-state index < -0.39 is 5.60 Å². The zero-order chi connectivity index (χ0) is 16.9. The van der Waals surface area contributed by atoms with E-state index in [1.54, 1.807) is 0 Å². The van der Waals surface area contributed by atoms with Crippen LogP contribution in [0.25, 0.3) is 0 Å². The van der Waals surface area contributed by atoms with E-state index in [-0.39, 0.29) is 6.09 Å². The topological polar surface area (TPSA) is 50.4 Å². The van der Waals surface area contributed by atoms with E-state index in [0.717, 1.165) is 12.5 Å². The third-order valence-electron chi connectivity index (χ3n) is 5.44. The van der Waals surface area contributed by atoms with Crippen LogP contribution in [0.5, 0.6) is 0 Å². The molecule has 2 fully saturated rings. The molecular weight excluding hydrogens is 288 g/mol. The van der Waals surface area contributed by atoms with Crippen LogP contribution in [0, 0.1) is 11.8 Å². The maximum atomic E-state index is 11.8. The van der Waals surface area contributed by atoms with E-state index >= 15 is 0 Å². The van der Waals surface area contributed by atoms with Crippen LogP contribution in [0.2, 0.25) is 0 Å². The molecule has 0 radical (unpaired) electrons. The molecule has 0 heterocycles. The lowest BCUT2D eigenvalue weighted by atomic mass is 9.84. The van der Waals surface area contributed by atoms with E-state index in [1.807, 2.05) is 20.8 Å². The Morgan fingerprint density at radius 2 is 1.78 bits per heavy atom. The predicted octanol–water partition coefficient (Wildman–Crippen LogP) is 4.24. The van der Waals surface area contributed by atoms with Gasteiger partial charge in [-0.3, -0.25) is 0 Å². The Bertz CT molecular complexity index is 370. The van der Waals surface area contributed by atoms with Crippen LogP contribution < -0.4 is 10.6 Å². The Morgan fingerprint density at radius 3 is 2.39 bits per heavy atom. The van der Waals surface area contributed by atoms with Crippen molar-refractivity contribution in [3.63, 3.8) is 0 Å². The van der Waals surface area contributed by atoms with Crippen molar-refractivity contribution >= 4 is 6.09 Å². The predicted molar refractivity (Wildman–Crippen MR) is 94.5 cm³/mol. The minimum Gasteiger partial charge on any atom is -0.444 e. The Morgan fingerprint density at radius 1 is 1.09 bits per heavy atom. The summed E-state index contributed by atoms with van der Waals surface area (Å²) < 4.78 is 5.34. The number of hydrogen-bond donors (Lipinski definition) is 2. The monoisotopic (exact) mass is 324 g/mol. The summed E-state index contributed by atoms with van der Waals surface area (Å²) in [5.41, 5.74) is -0.421. The Labute approximate surface area is 142 Å². The second-order valence-electron chi connectivity index (χ2n) is 8.47. The van der Waals surface area contributed by atoms with Gasteiger partial charge in [-0.2, -0.15) is 0 Å². The molecule has 2 saturated carbocycles. The lowest BCUT2D eigenvalue weighted by molar-refractivity contribution is 0.0516. The van der Waals surface area contributed by atoms with Crippen molar-refractivity contribution in [2.24, 2.45) is 11.8 Å². The largest absolute Gasteiger partial charge is 0.444 e. The fraction of sp³-hybridized carbons (Fsp3) is 0.947. The zero-order valence-electron chi connectivity index (χ0n) is 15.5. The summed E-state index contributed by atoms with van der Waals surface area (Å²) in [5, 5.41) is 6.86. The first-order valence-electron chi connectivity index (χ1n) is 9.60. The van der Waals surface area contributed by atoms with E-state index in [4.69, 9.17) is 4.74 Å². The van der Waals surface area contributed by atoms with Crippen molar-refractivity contribution in [3.05, 3.63) is 0 Å². The molecule has 134 valence electrons. The molecule has 2 aliphatic carbocycles. The van der Waals surface area contributed by atoms with Gasteiger partial charge in [-0.1, -0.05) is 19.8 Å². The number of ether oxygens (including phenoxy) is 1. The number of carbonyl (C=O) groups excluding carboxylic acids is 1. The molecule has 0 aromatic carbocycles. The lowest BCUT2D eigenvalue weighted by Gasteiger charge is -2.32. The summed E-state index contributed by atoms with van der Waals surface area (Å²) in [6.45, 7) is 8.75. The summed E-state index contributed by atoms with van der Waals surface area (Å²) in [5.74, 6) is 1.49. The summed E-state index contributed by atoms with van der Waals surface area (Å²) >= 11 is 0. The highest BCUT2D eigenvalue weighted by molar-refractivity contribution is 5.67. The summed E-state index contributed by atoms with van der Waals surface area (Å²) in [6.07, 6.45) is 10.2. The number of alkyl carbamates (subject to hydrolysis) is 1. The highest BCUT2D eigenvalue weighted by Gasteiger charge is 2.31. The fourth-order valence-electron chi connectivity index (χ4n) is 4.07. The molecule has 0 aliphatic heterocycles. The van der Waals surface area contributed by atoms with E-state index in [0.29, 0.717) is 18.0 Å². The Kier molecular flexibility index (Phi) is 6.75. The van der Waals surface area contributed by atoms with Crippen LogP contribution in [0.4, 0.5) is 4.79 Å². The van der Waals surface area contributed by atoms with Crippen molar-refractivity contribution in [2.45, 2.75) is 96.7 Å². The van der Waals surface area contributed by atoms with Gasteiger partial charge in [0.25, 0.3) is 0 Å². The van der Waals surface area contributed by atoms with Crippen molar-refractivity contribution in [2.75, 3.05) is 6.54 Å². The van der Waals surface area contributed by atoms with Gasteiger partial charge in [0.2, 0.25) is 0 Å². The Hall–Kier alpha value is -0.770. The standard InChI is InChI=1S/C19H36N2O2/c1-5-14-9-11-16(12-10-14)21-17-8-6-7-15(17)13-20-18(22)23-19(2,3)4/h14-17,21H,5-13H2,1-4H3,(H,20,22). The molecule has 1 amide bonds. The quantitative estimate of drug-likeness (QED) is 0.795. The normalized spacial score (nSPS) is 31.8. The number of rotatable bonds is 5. The molecular formula is C19H36N2O2. The van der Waals surface area contributed by atoms with Crippen molar-refractivity contribution in [1.29, 1.82) is 0 Å². The van der Waals surface area contributed by atoms with Crippen LogP contribution in [0.1, 0.15) is 79.1 Å². The smallest absolute Gasteiger partial charge is 0.407 e. The van der Waals surface area contributed by atoms with Gasteiger partial charge in [0.1, 0.15) is 5.60 Å². The fourth-order valence-corrected chi connectivity index (χ4v) is 4.07. The van der Waals surface area contributed by atoms with Crippen LogP contribution in [-0.4, -0.2) is 30.3 Å². The zero-order valence-corrected chi connectivity index (χ0v) is 15.5. The molecule has 2 atom stereocenters. The number of carbonyl (C=O) groups is 1. The second-order valence-corrected chi connectivity index (χ2v) is 8.47. The summed E-state index contributed by atoms with van der Waals surface area (Å²) in [6, 6.07) is 1.25. The van der Waals surface area contributed by atoms with Crippen molar-refractivity contribution in [3.8, 4) is 0 Å². The van der Waals surface area contributed by atoms with E-state index in [9.17, 15) is 4.79 Å². The van der Waals surface area contributed by atoms with E-state index in [1.165, 1.54) is 51.4 Å². The molecule has 0 spiro atoms. The minimum atomic E-state index is -0.421. The molecule has 4 heteroatoms. The average Bonchev–Trinajstić information content (AvgIpc) is 2.91. The first-order chi connectivity index (χ1) is 10.9. The van der Waals surface area contributed by atoms with Gasteiger partial charge in [-0.15, -0.1) is 0 Å². The third-order valence-corrected chi connectivity index (χ3v) is 5.44. The molecule has 0 saturated heterocycles. The average molecular weight is 325 g/mol. The first kappa shape index (κ1) is 18.6. The van der Waals surface area contributed by atoms with Crippen LogP contribution in [0.3, 0.4) is 0 Å². The van der Waals surface area contributed by atoms with Gasteiger partial charge < -0.3 is 15.4 Å². The van der Waals surface area contributed by atoms with Crippen molar-refractivity contribution in [1.82, 2.24) is 10.6 Å². The molecule has 0 aromatic heterocycles.